The average molecular weight is 490 g/mol. The van der Waals surface area contributed by atoms with E-state index in [1.807, 2.05) is 18.2 Å². The maximum absolute atomic E-state index is 5.34. The maximum atomic E-state index is 5.34. The summed E-state index contributed by atoms with van der Waals surface area (Å²) in [5.74, 6) is 3.03. The summed E-state index contributed by atoms with van der Waals surface area (Å²) in [5.41, 5.74) is 0.915. The van der Waals surface area contributed by atoms with Crippen LogP contribution in [0.4, 0.5) is 5.69 Å². The van der Waals surface area contributed by atoms with Crippen LogP contribution in [0.5, 0.6) is 11.5 Å². The molecule has 0 aromatic heterocycles. The monoisotopic (exact) mass is 490 g/mol. The molecular formula is C20H35IN4O2. The average Bonchev–Trinajstić information content (AvgIpc) is 2.66. The van der Waals surface area contributed by atoms with Crippen molar-refractivity contribution in [1.82, 2.24) is 10.2 Å². The predicted molar refractivity (Wildman–Crippen MR) is 124 cm³/mol. The highest BCUT2D eigenvalue weighted by Gasteiger charge is 2.15. The van der Waals surface area contributed by atoms with Crippen molar-refractivity contribution >= 4 is 35.6 Å². The van der Waals surface area contributed by atoms with Crippen LogP contribution in [0.25, 0.3) is 0 Å². The lowest BCUT2D eigenvalue weighted by Gasteiger charge is -2.30. The van der Waals surface area contributed by atoms with E-state index >= 15 is 0 Å². The molecule has 1 aliphatic rings. The molecule has 0 aliphatic carbocycles. The van der Waals surface area contributed by atoms with E-state index in [0.29, 0.717) is 11.5 Å². The molecule has 1 atom stereocenters. The van der Waals surface area contributed by atoms with Gasteiger partial charge >= 0.3 is 0 Å². The summed E-state index contributed by atoms with van der Waals surface area (Å²) in [5, 5.41) is 6.67. The summed E-state index contributed by atoms with van der Waals surface area (Å²) in [4.78, 5) is 6.89. The molecule has 1 aromatic carbocycles. The molecule has 7 heteroatoms. The van der Waals surface area contributed by atoms with Gasteiger partial charge in [0.15, 0.2) is 17.5 Å². The molecule has 2 N–H and O–H groups in total. The molecule has 1 fully saturated rings. The van der Waals surface area contributed by atoms with E-state index in [0.717, 1.165) is 30.5 Å². The highest BCUT2D eigenvalue weighted by molar-refractivity contribution is 14.0. The van der Waals surface area contributed by atoms with Gasteiger partial charge in [0.05, 0.1) is 14.2 Å². The van der Waals surface area contributed by atoms with Crippen LogP contribution in [0.3, 0.4) is 0 Å². The van der Waals surface area contributed by atoms with E-state index in [9.17, 15) is 0 Å². The maximum Gasteiger partial charge on any atom is 0.195 e. The van der Waals surface area contributed by atoms with Gasteiger partial charge in [0.2, 0.25) is 0 Å². The normalized spacial score (nSPS) is 17.8. The zero-order valence-corrected chi connectivity index (χ0v) is 19.4. The molecule has 1 saturated heterocycles. The largest absolute Gasteiger partial charge is 0.493 e. The highest BCUT2D eigenvalue weighted by Crippen LogP contribution is 2.29. The van der Waals surface area contributed by atoms with Gasteiger partial charge in [-0.2, -0.15) is 0 Å². The van der Waals surface area contributed by atoms with Gasteiger partial charge in [0, 0.05) is 31.9 Å². The molecule has 1 unspecified atom stereocenters. The summed E-state index contributed by atoms with van der Waals surface area (Å²) in [6.45, 7) is 7.00. The van der Waals surface area contributed by atoms with Crippen molar-refractivity contribution in [2.45, 2.75) is 32.6 Å². The predicted octanol–water partition coefficient (Wildman–Crippen LogP) is 3.82. The van der Waals surface area contributed by atoms with Crippen molar-refractivity contribution in [2.24, 2.45) is 10.9 Å². The SMILES string of the molecule is CN=C(NCCCCN1CCCC(C)C1)Nc1ccc(OC)c(OC)c1.I. The number of hydrogen-bond acceptors (Lipinski definition) is 4. The molecule has 0 bridgehead atoms. The second kappa shape index (κ2) is 13.0. The molecule has 2 rings (SSSR count). The van der Waals surface area contributed by atoms with Crippen molar-refractivity contribution < 1.29 is 9.47 Å². The molecular weight excluding hydrogens is 455 g/mol. The fraction of sp³-hybridized carbons (Fsp3) is 0.650. The molecule has 27 heavy (non-hydrogen) atoms. The van der Waals surface area contributed by atoms with Crippen LogP contribution in [0.2, 0.25) is 0 Å². The number of piperidine rings is 1. The lowest BCUT2D eigenvalue weighted by molar-refractivity contribution is 0.181. The number of unbranched alkanes of at least 4 members (excludes halogenated alkanes) is 1. The fourth-order valence-corrected chi connectivity index (χ4v) is 3.39. The van der Waals surface area contributed by atoms with Crippen LogP contribution in [0.15, 0.2) is 23.2 Å². The first-order valence-electron chi connectivity index (χ1n) is 9.58. The molecule has 0 radical (unpaired) electrons. The van der Waals surface area contributed by atoms with Gasteiger partial charge in [-0.1, -0.05) is 6.92 Å². The Morgan fingerprint density at radius 1 is 1.22 bits per heavy atom. The van der Waals surface area contributed by atoms with Crippen molar-refractivity contribution in [1.29, 1.82) is 0 Å². The van der Waals surface area contributed by atoms with Gasteiger partial charge in [0.25, 0.3) is 0 Å². The first-order valence-corrected chi connectivity index (χ1v) is 9.58. The highest BCUT2D eigenvalue weighted by atomic mass is 127. The van der Waals surface area contributed by atoms with Crippen molar-refractivity contribution in [3.63, 3.8) is 0 Å². The van der Waals surface area contributed by atoms with Crippen molar-refractivity contribution in [2.75, 3.05) is 52.8 Å². The van der Waals surface area contributed by atoms with E-state index < -0.39 is 0 Å². The number of ether oxygens (including phenoxy) is 2. The summed E-state index contributed by atoms with van der Waals surface area (Å²) >= 11 is 0. The van der Waals surface area contributed by atoms with E-state index in [1.165, 1.54) is 38.9 Å². The number of guanidine groups is 1. The minimum absolute atomic E-state index is 0. The number of anilines is 1. The number of methoxy groups -OCH3 is 2. The Balaban J connectivity index is 0.00000364. The number of benzene rings is 1. The Labute approximate surface area is 181 Å². The van der Waals surface area contributed by atoms with Gasteiger partial charge < -0.3 is 25.0 Å². The van der Waals surface area contributed by atoms with E-state index in [1.54, 1.807) is 21.3 Å². The number of aliphatic imine (C=N–C) groups is 1. The smallest absolute Gasteiger partial charge is 0.195 e. The second-order valence-electron chi connectivity index (χ2n) is 6.95. The van der Waals surface area contributed by atoms with E-state index in [-0.39, 0.29) is 24.0 Å². The van der Waals surface area contributed by atoms with Crippen molar-refractivity contribution in [3.8, 4) is 11.5 Å². The van der Waals surface area contributed by atoms with Gasteiger partial charge in [0.1, 0.15) is 0 Å². The fourth-order valence-electron chi connectivity index (χ4n) is 3.39. The van der Waals surface area contributed by atoms with Gasteiger partial charge in [-0.3, -0.25) is 4.99 Å². The van der Waals surface area contributed by atoms with Crippen LogP contribution in [-0.2, 0) is 0 Å². The van der Waals surface area contributed by atoms with Crippen LogP contribution in [0.1, 0.15) is 32.6 Å². The van der Waals surface area contributed by atoms with Gasteiger partial charge in [-0.05, 0) is 56.8 Å². The first-order chi connectivity index (χ1) is 12.7. The number of nitrogens with zero attached hydrogens (tertiary/aromatic N) is 2. The number of rotatable bonds is 8. The second-order valence-corrected chi connectivity index (χ2v) is 6.95. The lowest BCUT2D eigenvalue weighted by atomic mass is 10.0. The number of nitrogens with one attached hydrogen (secondary N) is 2. The Kier molecular flexibility index (Phi) is 11.5. The van der Waals surface area contributed by atoms with Gasteiger partial charge in [-0.15, -0.1) is 24.0 Å². The number of likely N-dealkylation sites (tertiary alicyclic amines) is 1. The molecule has 1 heterocycles. The lowest BCUT2D eigenvalue weighted by Crippen LogP contribution is -2.35. The minimum atomic E-state index is 0. The third kappa shape index (κ3) is 8.13. The number of hydrogen-bond donors (Lipinski definition) is 2. The number of halogens is 1. The van der Waals surface area contributed by atoms with E-state index in [4.69, 9.17) is 9.47 Å². The Morgan fingerprint density at radius 3 is 2.67 bits per heavy atom. The quantitative estimate of drug-likeness (QED) is 0.251. The minimum Gasteiger partial charge on any atom is -0.493 e. The van der Waals surface area contributed by atoms with E-state index in [2.05, 4.69) is 27.4 Å². The third-order valence-corrected chi connectivity index (χ3v) is 4.80. The molecule has 6 nitrogen and oxygen atoms in total. The molecule has 1 aromatic rings. The first kappa shape index (κ1) is 23.8. The zero-order chi connectivity index (χ0) is 18.8. The molecule has 1 aliphatic heterocycles. The molecule has 154 valence electrons. The Morgan fingerprint density at radius 2 is 2.00 bits per heavy atom. The zero-order valence-electron chi connectivity index (χ0n) is 17.1. The Hall–Kier alpha value is -1.22. The van der Waals surface area contributed by atoms with Crippen LogP contribution < -0.4 is 20.1 Å². The molecule has 0 spiro atoms. The molecule has 0 amide bonds. The summed E-state index contributed by atoms with van der Waals surface area (Å²) in [6.07, 6.45) is 5.09. The molecule has 0 saturated carbocycles. The Bertz CT molecular complexity index is 583. The summed E-state index contributed by atoms with van der Waals surface area (Å²) in [7, 11) is 5.05. The van der Waals surface area contributed by atoms with Crippen LogP contribution in [-0.4, -0.2) is 58.3 Å². The topological polar surface area (TPSA) is 58.1 Å². The third-order valence-electron chi connectivity index (χ3n) is 4.80. The van der Waals surface area contributed by atoms with Crippen LogP contribution >= 0.6 is 24.0 Å². The standard InChI is InChI=1S/C20H34N4O2.HI/c1-16-8-7-13-24(15-16)12-6-5-11-22-20(21-2)23-17-9-10-18(25-3)19(14-17)26-4;/h9-10,14,16H,5-8,11-13,15H2,1-4H3,(H2,21,22,23);1H. The summed E-state index contributed by atoms with van der Waals surface area (Å²) < 4.78 is 10.6. The van der Waals surface area contributed by atoms with Gasteiger partial charge in [-0.25, -0.2) is 0 Å². The van der Waals surface area contributed by atoms with Crippen LogP contribution in [0, 0.1) is 5.92 Å². The van der Waals surface area contributed by atoms with Crippen molar-refractivity contribution in [3.05, 3.63) is 18.2 Å². The summed E-state index contributed by atoms with van der Waals surface area (Å²) in [6, 6.07) is 5.74.